The van der Waals surface area contributed by atoms with Gasteiger partial charge in [-0.3, -0.25) is 24.3 Å². The molecule has 0 aliphatic carbocycles. The number of carbonyl (C=O) groups is 2. The summed E-state index contributed by atoms with van der Waals surface area (Å²) in [5.41, 5.74) is 3.04. The van der Waals surface area contributed by atoms with Gasteiger partial charge in [-0.15, -0.1) is 0 Å². The normalized spacial score (nSPS) is 14.7. The predicted molar refractivity (Wildman–Crippen MR) is 234 cm³/mol. The molecule has 3 N–H and O–H groups in total. The number of nitrogens with zero attached hydrogens (tertiary/aromatic N) is 4. The third-order valence-electron chi connectivity index (χ3n) is 10.8. The number of piperidine rings is 1. The average molecular weight is 855 g/mol. The third-order valence-corrected chi connectivity index (χ3v) is 11.3. The van der Waals surface area contributed by atoms with Gasteiger partial charge in [0.2, 0.25) is 11.8 Å². The second kappa shape index (κ2) is 20.6. The molecule has 5 aromatic rings. The molecule has 0 bridgehead atoms. The number of nitrogens with one attached hydrogen (secondary N) is 3. The van der Waals surface area contributed by atoms with Crippen LogP contribution in [0.3, 0.4) is 0 Å². The Morgan fingerprint density at radius 3 is 2.26 bits per heavy atom. The summed E-state index contributed by atoms with van der Waals surface area (Å²) in [6.45, 7) is 7.13. The number of unbranched alkanes of at least 4 members (excludes halogenated alkanes) is 10. The molecule has 3 heterocycles. The van der Waals surface area contributed by atoms with Gasteiger partial charge in [0.05, 0.1) is 36.2 Å². The van der Waals surface area contributed by atoms with Crippen LogP contribution >= 0.6 is 15.9 Å². The molecular weight excluding hydrogens is 798 g/mol. The summed E-state index contributed by atoms with van der Waals surface area (Å²) in [6, 6.07) is 17.1. The van der Waals surface area contributed by atoms with E-state index < -0.39 is 11.9 Å². The van der Waals surface area contributed by atoms with Crippen LogP contribution in [0, 0.1) is 13.8 Å². The van der Waals surface area contributed by atoms with Crippen LogP contribution in [0.4, 0.5) is 11.5 Å². The fraction of sp³-hybridized carbons (Fsp3) is 0.467. The summed E-state index contributed by atoms with van der Waals surface area (Å²) >= 11 is 3.57. The summed E-state index contributed by atoms with van der Waals surface area (Å²) in [6.07, 6.45) is 13.3. The maximum absolute atomic E-state index is 13.6. The molecule has 1 aliphatic rings. The van der Waals surface area contributed by atoms with E-state index >= 15 is 0 Å². The van der Waals surface area contributed by atoms with E-state index in [2.05, 4.69) is 55.9 Å². The molecule has 1 unspecified atom stereocenters. The average Bonchev–Trinajstić information content (AvgIpc) is 3.19. The van der Waals surface area contributed by atoms with Crippen molar-refractivity contribution >= 4 is 61.1 Å². The van der Waals surface area contributed by atoms with Crippen molar-refractivity contribution in [2.45, 2.75) is 116 Å². The molecule has 2 amide bonds. The highest BCUT2D eigenvalue weighted by molar-refractivity contribution is 9.10. The first kappa shape index (κ1) is 42.6. The van der Waals surface area contributed by atoms with E-state index in [1.807, 2.05) is 49.4 Å². The fourth-order valence-electron chi connectivity index (χ4n) is 7.72. The number of halogens is 1. The highest BCUT2D eigenvalue weighted by Gasteiger charge is 2.31. The van der Waals surface area contributed by atoms with Crippen molar-refractivity contribution in [3.8, 4) is 11.5 Å². The molecule has 1 aliphatic heterocycles. The van der Waals surface area contributed by atoms with E-state index in [1.54, 1.807) is 14.0 Å². The van der Waals surface area contributed by atoms with Crippen molar-refractivity contribution in [1.82, 2.24) is 24.8 Å². The smallest absolute Gasteiger partial charge is 0.264 e. The molecule has 0 radical (unpaired) electrons. The summed E-state index contributed by atoms with van der Waals surface area (Å²) in [7, 11) is 1.66. The number of hydrogen-bond acceptors (Lipinski definition) is 10. The van der Waals surface area contributed by atoms with Crippen LogP contribution in [0.15, 0.2) is 63.9 Å². The number of fused-ring (bicyclic) bond motifs is 2. The molecule has 58 heavy (non-hydrogen) atoms. The van der Waals surface area contributed by atoms with Crippen LogP contribution < -0.4 is 31.0 Å². The SMILES string of the molecule is COc1cc2c(N[C@H](C)c3cccc(Br)c3)nc(C)nc2cc1OCCCCCCCCCCCCCNc1cccc2nc(C)n(C3CCC(=O)NC3=O)c(=O)c12. The first-order valence-corrected chi connectivity index (χ1v) is 21.5. The maximum Gasteiger partial charge on any atom is 0.264 e. The monoisotopic (exact) mass is 853 g/mol. The second-order valence-corrected chi connectivity index (χ2v) is 16.1. The molecule has 3 aromatic carbocycles. The van der Waals surface area contributed by atoms with Gasteiger partial charge >= 0.3 is 0 Å². The fourth-order valence-corrected chi connectivity index (χ4v) is 8.14. The minimum absolute atomic E-state index is 0.0463. The van der Waals surface area contributed by atoms with Crippen LogP contribution in [0.1, 0.15) is 120 Å². The molecule has 2 aromatic heterocycles. The van der Waals surface area contributed by atoms with Crippen LogP contribution in [0.5, 0.6) is 11.5 Å². The zero-order chi connectivity index (χ0) is 41.0. The molecule has 13 heteroatoms. The van der Waals surface area contributed by atoms with E-state index in [0.717, 1.165) is 64.7 Å². The number of rotatable bonds is 21. The van der Waals surface area contributed by atoms with Crippen molar-refractivity contribution in [1.29, 1.82) is 0 Å². The third kappa shape index (κ3) is 10.9. The number of imide groups is 1. The summed E-state index contributed by atoms with van der Waals surface area (Å²) in [5, 5.41) is 10.7. The first-order chi connectivity index (χ1) is 28.1. The summed E-state index contributed by atoms with van der Waals surface area (Å²) in [5.74, 6) is 2.53. The topological polar surface area (TPSA) is 149 Å². The van der Waals surface area contributed by atoms with Gasteiger partial charge in [-0.25, -0.2) is 15.0 Å². The van der Waals surface area contributed by atoms with Gasteiger partial charge in [-0.05, 0) is 75.9 Å². The number of aryl methyl sites for hydroxylation is 2. The lowest BCUT2D eigenvalue weighted by Crippen LogP contribution is -2.45. The summed E-state index contributed by atoms with van der Waals surface area (Å²) in [4.78, 5) is 51.9. The van der Waals surface area contributed by atoms with Gasteiger partial charge in [0, 0.05) is 34.6 Å². The van der Waals surface area contributed by atoms with E-state index in [1.165, 1.54) is 49.5 Å². The molecule has 0 saturated carbocycles. The highest BCUT2D eigenvalue weighted by Crippen LogP contribution is 2.36. The van der Waals surface area contributed by atoms with Crippen molar-refractivity contribution in [3.05, 3.63) is 86.6 Å². The zero-order valence-corrected chi connectivity index (χ0v) is 35.8. The number of amides is 2. The number of hydrogen-bond donors (Lipinski definition) is 3. The van der Waals surface area contributed by atoms with Gasteiger partial charge < -0.3 is 20.1 Å². The number of benzene rings is 3. The van der Waals surface area contributed by atoms with Crippen molar-refractivity contribution in [2.75, 3.05) is 30.9 Å². The number of methoxy groups -OCH3 is 1. The molecule has 12 nitrogen and oxygen atoms in total. The van der Waals surface area contributed by atoms with Crippen LogP contribution in [-0.4, -0.2) is 51.6 Å². The molecule has 2 atom stereocenters. The minimum Gasteiger partial charge on any atom is -0.493 e. The van der Waals surface area contributed by atoms with Gasteiger partial charge in [0.1, 0.15) is 23.5 Å². The number of carbonyl (C=O) groups excluding carboxylic acids is 2. The van der Waals surface area contributed by atoms with E-state index in [-0.39, 0.29) is 23.9 Å². The Morgan fingerprint density at radius 1 is 0.845 bits per heavy atom. The quantitative estimate of drug-likeness (QED) is 0.0481. The predicted octanol–water partition coefficient (Wildman–Crippen LogP) is 9.66. The number of aromatic nitrogens is 4. The Bertz CT molecular complexity index is 2280. The molecule has 1 saturated heterocycles. The van der Waals surface area contributed by atoms with Crippen molar-refractivity contribution in [3.63, 3.8) is 0 Å². The largest absolute Gasteiger partial charge is 0.493 e. The van der Waals surface area contributed by atoms with Crippen molar-refractivity contribution in [2.24, 2.45) is 0 Å². The Morgan fingerprint density at radius 2 is 1.55 bits per heavy atom. The first-order valence-electron chi connectivity index (χ1n) is 20.7. The molecule has 0 spiro atoms. The van der Waals surface area contributed by atoms with Crippen LogP contribution in [-0.2, 0) is 9.59 Å². The Balaban J connectivity index is 0.852. The lowest BCUT2D eigenvalue weighted by Gasteiger charge is -2.24. The molecule has 1 fully saturated rings. The van der Waals surface area contributed by atoms with E-state index in [9.17, 15) is 14.4 Å². The van der Waals surface area contributed by atoms with Gasteiger partial charge in [-0.2, -0.15) is 0 Å². The zero-order valence-electron chi connectivity index (χ0n) is 34.2. The molecular formula is C45H56BrN7O5. The van der Waals surface area contributed by atoms with Crippen LogP contribution in [0.2, 0.25) is 0 Å². The van der Waals surface area contributed by atoms with Crippen molar-refractivity contribution < 1.29 is 19.1 Å². The van der Waals surface area contributed by atoms with Gasteiger partial charge in [0.15, 0.2) is 11.5 Å². The lowest BCUT2D eigenvalue weighted by atomic mass is 10.0. The molecule has 6 rings (SSSR count). The Hall–Kier alpha value is -5.04. The minimum atomic E-state index is -0.737. The standard InChI is InChI=1S/C45H56BrN7O5/c1-29(32-18-16-19-33(46)26-32)48-43-34-27-39(57-4)40(28-37(34)49-30(2)50-43)58-25-15-13-11-9-7-5-6-8-10-12-14-24-47-35-20-17-21-36-42(35)45(56)53(31(3)51-36)38-22-23-41(54)52-44(38)55/h16-21,26-29,38,47H,5-15,22-25H2,1-4H3,(H,48,49,50)(H,52,54,55)/t29-,38?/m1/s1. The maximum atomic E-state index is 13.6. The summed E-state index contributed by atoms with van der Waals surface area (Å²) < 4.78 is 14.4. The number of anilines is 2. The van der Waals surface area contributed by atoms with Crippen LogP contribution in [0.25, 0.3) is 21.8 Å². The molecule has 308 valence electrons. The van der Waals surface area contributed by atoms with Gasteiger partial charge in [0.25, 0.3) is 5.56 Å². The second-order valence-electron chi connectivity index (χ2n) is 15.2. The lowest BCUT2D eigenvalue weighted by molar-refractivity contribution is -0.135. The Labute approximate surface area is 349 Å². The highest BCUT2D eigenvalue weighted by atomic mass is 79.9. The Kier molecular flexibility index (Phi) is 15.1. The van der Waals surface area contributed by atoms with E-state index in [0.29, 0.717) is 47.1 Å². The van der Waals surface area contributed by atoms with Gasteiger partial charge in [-0.1, -0.05) is 91.9 Å². The van der Waals surface area contributed by atoms with E-state index in [4.69, 9.17) is 19.4 Å². The number of ether oxygens (including phenoxy) is 2.